The fraction of sp³-hybridized carbons (Fsp3) is 0.188. The highest BCUT2D eigenvalue weighted by Crippen LogP contribution is 2.24. The number of nitrogens with one attached hydrogen (secondary N) is 1. The second-order valence-electron chi connectivity index (χ2n) is 4.47. The van der Waals surface area contributed by atoms with Crippen LogP contribution in [0.4, 0.5) is 5.13 Å². The summed E-state index contributed by atoms with van der Waals surface area (Å²) in [6, 6.07) is 5.49. The fourth-order valence-corrected chi connectivity index (χ4v) is 2.84. The van der Waals surface area contributed by atoms with Crippen LogP contribution in [-0.4, -0.2) is 30.6 Å². The third kappa shape index (κ3) is 4.90. The van der Waals surface area contributed by atoms with E-state index < -0.39 is 5.97 Å². The monoisotopic (exact) mass is 410 g/mol. The molecule has 0 aliphatic carbocycles. The van der Waals surface area contributed by atoms with Gasteiger partial charge in [-0.05, 0) is 31.2 Å². The lowest BCUT2D eigenvalue weighted by Gasteiger charge is -2.04. The topological polar surface area (TPSA) is 77.5 Å². The molecular weight excluding hydrogens is 396 g/mol. The molecule has 0 atom stereocenters. The lowest BCUT2D eigenvalue weighted by molar-refractivity contribution is -0.111. The first-order chi connectivity index (χ1) is 11.5. The Labute approximate surface area is 151 Å². The highest BCUT2D eigenvalue weighted by Gasteiger charge is 2.12. The predicted molar refractivity (Wildman–Crippen MR) is 96.4 cm³/mol. The van der Waals surface area contributed by atoms with Crippen molar-refractivity contribution < 1.29 is 19.1 Å². The molecule has 24 heavy (non-hydrogen) atoms. The van der Waals surface area contributed by atoms with Crippen LogP contribution in [0.1, 0.15) is 23.0 Å². The number of carbonyl (C=O) groups is 2. The molecule has 1 N–H and O–H groups in total. The Bertz CT molecular complexity index is 773. The van der Waals surface area contributed by atoms with E-state index in [4.69, 9.17) is 9.47 Å². The van der Waals surface area contributed by atoms with Crippen LogP contribution in [0.25, 0.3) is 6.08 Å². The first kappa shape index (κ1) is 18.2. The van der Waals surface area contributed by atoms with E-state index in [1.54, 1.807) is 26.2 Å². The highest BCUT2D eigenvalue weighted by molar-refractivity contribution is 9.10. The Kier molecular flexibility index (Phi) is 6.51. The minimum Gasteiger partial charge on any atom is -0.496 e. The second-order valence-corrected chi connectivity index (χ2v) is 6.24. The number of rotatable bonds is 6. The number of hydrogen-bond acceptors (Lipinski definition) is 6. The summed E-state index contributed by atoms with van der Waals surface area (Å²) in [5, 5.41) is 4.47. The maximum atomic E-state index is 12.0. The van der Waals surface area contributed by atoms with E-state index in [2.05, 4.69) is 26.2 Å². The van der Waals surface area contributed by atoms with Gasteiger partial charge in [-0.15, -0.1) is 11.3 Å². The molecule has 6 nitrogen and oxygen atoms in total. The zero-order chi connectivity index (χ0) is 17.5. The molecule has 0 saturated carbocycles. The zero-order valence-corrected chi connectivity index (χ0v) is 15.4. The summed E-state index contributed by atoms with van der Waals surface area (Å²) < 4.78 is 11.0. The maximum absolute atomic E-state index is 12.0. The summed E-state index contributed by atoms with van der Waals surface area (Å²) in [6.45, 7) is 1.99. The molecule has 1 aromatic carbocycles. The average molecular weight is 411 g/mol. The molecule has 0 aliphatic rings. The molecule has 1 heterocycles. The van der Waals surface area contributed by atoms with Gasteiger partial charge in [0.05, 0.1) is 13.7 Å². The molecule has 0 saturated heterocycles. The Hall–Kier alpha value is -2.19. The Balaban J connectivity index is 2.03. The lowest BCUT2D eigenvalue weighted by atomic mass is 10.2. The molecule has 0 unspecified atom stereocenters. The van der Waals surface area contributed by atoms with Crippen molar-refractivity contribution in [1.82, 2.24) is 4.98 Å². The molecule has 8 heteroatoms. The van der Waals surface area contributed by atoms with Crippen molar-refractivity contribution in [1.29, 1.82) is 0 Å². The molecule has 1 aromatic heterocycles. The molecule has 1 amide bonds. The molecule has 0 spiro atoms. The van der Waals surface area contributed by atoms with Gasteiger partial charge < -0.3 is 9.47 Å². The van der Waals surface area contributed by atoms with Crippen LogP contribution >= 0.6 is 27.3 Å². The number of esters is 1. The predicted octanol–water partition coefficient (Wildman–Crippen LogP) is 3.74. The largest absolute Gasteiger partial charge is 0.496 e. The van der Waals surface area contributed by atoms with Crippen LogP contribution in [0, 0.1) is 0 Å². The number of halogens is 1. The molecule has 0 aliphatic heterocycles. The fourth-order valence-electron chi connectivity index (χ4n) is 1.78. The van der Waals surface area contributed by atoms with E-state index >= 15 is 0 Å². The normalized spacial score (nSPS) is 10.6. The number of aromatic nitrogens is 1. The summed E-state index contributed by atoms with van der Waals surface area (Å²) in [4.78, 5) is 27.5. The summed E-state index contributed by atoms with van der Waals surface area (Å²) in [7, 11) is 1.56. The average Bonchev–Trinajstić information content (AvgIpc) is 3.02. The van der Waals surface area contributed by atoms with Crippen LogP contribution in [0.15, 0.2) is 34.1 Å². The Morgan fingerprint density at radius 2 is 2.21 bits per heavy atom. The van der Waals surface area contributed by atoms with Gasteiger partial charge in [0.25, 0.3) is 0 Å². The molecular formula is C16H15BrN2O4S. The van der Waals surface area contributed by atoms with Gasteiger partial charge >= 0.3 is 5.97 Å². The third-order valence-corrected chi connectivity index (χ3v) is 4.08. The second kappa shape index (κ2) is 8.60. The van der Waals surface area contributed by atoms with E-state index in [1.165, 1.54) is 11.5 Å². The van der Waals surface area contributed by atoms with Crippen molar-refractivity contribution in [2.24, 2.45) is 0 Å². The molecule has 0 bridgehead atoms. The Morgan fingerprint density at radius 3 is 2.92 bits per heavy atom. The number of amides is 1. The van der Waals surface area contributed by atoms with Crippen LogP contribution in [0.5, 0.6) is 5.75 Å². The van der Waals surface area contributed by atoms with Crippen LogP contribution in [-0.2, 0) is 9.53 Å². The SMILES string of the molecule is CCOC(=O)c1csc(NC(=O)C=Cc2cc(Br)ccc2OC)n1. The van der Waals surface area contributed by atoms with Crippen LogP contribution in [0.2, 0.25) is 0 Å². The van der Waals surface area contributed by atoms with Gasteiger partial charge in [0.15, 0.2) is 10.8 Å². The van der Waals surface area contributed by atoms with E-state index in [9.17, 15) is 9.59 Å². The number of methoxy groups -OCH3 is 1. The molecule has 0 radical (unpaired) electrons. The van der Waals surface area contributed by atoms with Gasteiger partial charge in [-0.1, -0.05) is 15.9 Å². The van der Waals surface area contributed by atoms with Gasteiger partial charge in [0, 0.05) is 21.5 Å². The number of anilines is 1. The van der Waals surface area contributed by atoms with E-state index in [0.29, 0.717) is 10.9 Å². The van der Waals surface area contributed by atoms with Crippen LogP contribution in [0.3, 0.4) is 0 Å². The van der Waals surface area contributed by atoms with Gasteiger partial charge in [0.1, 0.15) is 5.75 Å². The van der Waals surface area contributed by atoms with Crippen molar-refractivity contribution in [2.45, 2.75) is 6.92 Å². The van der Waals surface area contributed by atoms with Gasteiger partial charge in [-0.25, -0.2) is 9.78 Å². The first-order valence-electron chi connectivity index (χ1n) is 6.98. The van der Waals surface area contributed by atoms with E-state index in [0.717, 1.165) is 21.4 Å². The van der Waals surface area contributed by atoms with Crippen molar-refractivity contribution in [3.63, 3.8) is 0 Å². The van der Waals surface area contributed by atoms with Gasteiger partial charge in [-0.2, -0.15) is 0 Å². The van der Waals surface area contributed by atoms with Crippen molar-refractivity contribution in [3.8, 4) is 5.75 Å². The summed E-state index contributed by atoms with van der Waals surface area (Å²) in [5.41, 5.74) is 0.933. The summed E-state index contributed by atoms with van der Waals surface area (Å²) >= 11 is 4.53. The molecule has 0 fully saturated rings. The van der Waals surface area contributed by atoms with Crippen LogP contribution < -0.4 is 10.1 Å². The van der Waals surface area contributed by atoms with E-state index in [1.807, 2.05) is 12.1 Å². The third-order valence-electron chi connectivity index (χ3n) is 2.82. The number of nitrogens with zero attached hydrogens (tertiary/aromatic N) is 1. The molecule has 2 rings (SSSR count). The van der Waals surface area contributed by atoms with Gasteiger partial charge in [-0.3, -0.25) is 10.1 Å². The molecule has 126 valence electrons. The summed E-state index contributed by atoms with van der Waals surface area (Å²) in [5.74, 6) is -0.216. The number of ether oxygens (including phenoxy) is 2. The van der Waals surface area contributed by atoms with Crippen molar-refractivity contribution >= 4 is 50.4 Å². The van der Waals surface area contributed by atoms with Gasteiger partial charge in [0.2, 0.25) is 5.91 Å². The lowest BCUT2D eigenvalue weighted by Crippen LogP contribution is -2.09. The smallest absolute Gasteiger partial charge is 0.357 e. The number of carbonyl (C=O) groups excluding carboxylic acids is 2. The zero-order valence-electron chi connectivity index (χ0n) is 13.0. The first-order valence-corrected chi connectivity index (χ1v) is 8.66. The van der Waals surface area contributed by atoms with Crippen molar-refractivity contribution in [3.05, 3.63) is 45.4 Å². The highest BCUT2D eigenvalue weighted by atomic mass is 79.9. The molecule has 2 aromatic rings. The number of thiazole rings is 1. The quantitative estimate of drug-likeness (QED) is 0.579. The van der Waals surface area contributed by atoms with E-state index in [-0.39, 0.29) is 18.2 Å². The minimum atomic E-state index is -0.510. The number of hydrogen-bond donors (Lipinski definition) is 1. The van der Waals surface area contributed by atoms with Crippen molar-refractivity contribution in [2.75, 3.05) is 19.0 Å². The number of benzene rings is 1. The summed E-state index contributed by atoms with van der Waals surface area (Å²) in [6.07, 6.45) is 3.01. The maximum Gasteiger partial charge on any atom is 0.357 e. The Morgan fingerprint density at radius 1 is 1.42 bits per heavy atom. The standard InChI is InChI=1S/C16H15BrN2O4S/c1-3-23-15(21)12-9-24-16(18-12)19-14(20)7-4-10-8-11(17)5-6-13(10)22-2/h4-9H,3H2,1-2H3,(H,18,19,20). The minimum absolute atomic E-state index is 0.176.